The SMILES string of the molecule is CC(=O)OC1(C)CCC2C3CC(CC3O)C2C1.CC(=O)OC1(C)CCC2C3CCC(C3)C2C1.CCC1(OC(C)=O)CC2CC1C1C3CC(O)C(C3)C21.CCC1(OC(C)=O)CC2CC1C1C3CCC(C3)C21.[C-]#[N+]C1CC2CC1C1C3CC(C21)C(CC)(OC(C)=O)C3. The number of hydrogen-bond acceptors (Lipinski definition) is 12. The van der Waals surface area contributed by atoms with Crippen LogP contribution in [-0.2, 0) is 47.7 Å². The summed E-state index contributed by atoms with van der Waals surface area (Å²) in [6.45, 7) is 25.9. The molecule has 18 fully saturated rings. The number of aliphatic hydroxyl groups is 2. The number of fused-ring (bicyclic) bond motifs is 37. The topological polar surface area (TPSA) is 176 Å². The summed E-state index contributed by atoms with van der Waals surface area (Å²) in [6.07, 6.45) is 32.1. The van der Waals surface area contributed by atoms with Gasteiger partial charge in [0.25, 0.3) is 0 Å². The number of rotatable bonds is 8. The summed E-state index contributed by atoms with van der Waals surface area (Å²) in [7, 11) is 0. The molecular weight excluding hydrogens is 1130 g/mol. The summed E-state index contributed by atoms with van der Waals surface area (Å²) in [4.78, 5) is 60.7. The van der Waals surface area contributed by atoms with Gasteiger partial charge in [-0.2, -0.15) is 0 Å². The summed E-state index contributed by atoms with van der Waals surface area (Å²) in [5.41, 5.74) is -0.828. The molecule has 13 heteroatoms. The quantitative estimate of drug-likeness (QED) is 0.102. The molecule has 2 N–H and O–H groups in total. The van der Waals surface area contributed by atoms with Gasteiger partial charge in [-0.05, 0) is 311 Å². The van der Waals surface area contributed by atoms with E-state index in [1.807, 2.05) is 0 Å². The van der Waals surface area contributed by atoms with Gasteiger partial charge in [0, 0.05) is 64.7 Å². The number of carbonyl (C=O) groups is 5. The van der Waals surface area contributed by atoms with Crippen molar-refractivity contribution in [3.05, 3.63) is 11.4 Å². The van der Waals surface area contributed by atoms with Gasteiger partial charge in [0.05, 0.1) is 12.2 Å². The van der Waals surface area contributed by atoms with Crippen molar-refractivity contribution in [2.75, 3.05) is 0 Å². The Morgan fingerprint density at radius 1 is 0.367 bits per heavy atom. The van der Waals surface area contributed by atoms with E-state index in [2.05, 4.69) is 39.5 Å². The summed E-state index contributed by atoms with van der Waals surface area (Å²) >= 11 is 0. The zero-order chi connectivity index (χ0) is 63.5. The summed E-state index contributed by atoms with van der Waals surface area (Å²) in [5, 5.41) is 20.1. The molecule has 90 heavy (non-hydrogen) atoms. The summed E-state index contributed by atoms with van der Waals surface area (Å²) < 4.78 is 28.6. The van der Waals surface area contributed by atoms with Crippen LogP contribution in [0.2, 0.25) is 0 Å². The molecule has 34 unspecified atom stereocenters. The molecule has 0 saturated heterocycles. The summed E-state index contributed by atoms with van der Waals surface area (Å²) in [5.74, 6) is 19.4. The van der Waals surface area contributed by atoms with Crippen molar-refractivity contribution in [2.45, 2.75) is 289 Å². The minimum Gasteiger partial charge on any atom is -0.460 e. The molecule has 0 spiro atoms. The molecule has 0 aromatic carbocycles. The van der Waals surface area contributed by atoms with Crippen molar-refractivity contribution >= 4 is 29.8 Å². The van der Waals surface area contributed by atoms with Crippen LogP contribution < -0.4 is 0 Å². The Balaban J connectivity index is 0.0000000984. The van der Waals surface area contributed by atoms with Crippen LogP contribution in [0.4, 0.5) is 0 Å². The highest BCUT2D eigenvalue weighted by Gasteiger charge is 2.73. The molecule has 0 heterocycles. The maximum absolute atomic E-state index is 11.5. The van der Waals surface area contributed by atoms with E-state index in [1.165, 1.54) is 97.3 Å². The van der Waals surface area contributed by atoms with Crippen molar-refractivity contribution < 1.29 is 57.9 Å². The first-order valence-corrected chi connectivity index (χ1v) is 37.6. The molecule has 13 nitrogen and oxygen atoms in total. The molecule has 18 saturated carbocycles. The molecule has 0 amide bonds. The molecule has 18 aliphatic carbocycles. The van der Waals surface area contributed by atoms with E-state index in [0.29, 0.717) is 77.1 Å². The molecule has 18 aliphatic rings. The largest absolute Gasteiger partial charge is 0.460 e. The Morgan fingerprint density at radius 3 is 1.24 bits per heavy atom. The van der Waals surface area contributed by atoms with E-state index in [1.54, 1.807) is 20.8 Å². The van der Waals surface area contributed by atoms with Crippen molar-refractivity contribution in [1.82, 2.24) is 0 Å². The maximum Gasteiger partial charge on any atom is 0.303 e. The van der Waals surface area contributed by atoms with Crippen LogP contribution in [0.15, 0.2) is 0 Å². The highest BCUT2D eigenvalue weighted by Crippen LogP contribution is 2.74. The van der Waals surface area contributed by atoms with E-state index >= 15 is 0 Å². The highest BCUT2D eigenvalue weighted by atomic mass is 16.6. The normalized spacial score (nSPS) is 54.3. The third-order valence-corrected chi connectivity index (χ3v) is 31.5. The van der Waals surface area contributed by atoms with Gasteiger partial charge in [0.2, 0.25) is 6.04 Å². The van der Waals surface area contributed by atoms with Crippen molar-refractivity contribution in [2.24, 2.45) is 154 Å². The minimum absolute atomic E-state index is 0.0460. The number of ether oxygens (including phenoxy) is 5. The average molecular weight is 1250 g/mol. The number of nitrogens with zero attached hydrogens (tertiary/aromatic N) is 1. The van der Waals surface area contributed by atoms with Crippen LogP contribution in [0.1, 0.15) is 243 Å². The average Bonchev–Trinajstić information content (AvgIpc) is 1.55. The Labute approximate surface area is 539 Å². The smallest absolute Gasteiger partial charge is 0.303 e. The van der Waals surface area contributed by atoms with E-state index in [0.717, 1.165) is 173 Å². The second kappa shape index (κ2) is 23.5. The Kier molecular flexibility index (Phi) is 16.8. The standard InChI is InChI=1S/C17H23NO2.C16H24O3.C16H24O2.C14H22O3.C14H22O2/c1-4-17(20-9(2)19)8-11-6-13(17)16-10-5-12(15(11)16)14(7-10)18-3;1-3-16(19-8(2)17)7-10-5-12(16)15-9-4-11(14(10)15)13(18)6-9;1-3-16(18-9(2)17)8-12-7-13(16)15-11-5-4-10(6-11)14(12)15;1-8(15)17-14(2)4-3-10-11-5-9(6-13(11)16)12(10)7-14;1-9(15)16-14(2)6-5-12-10-3-4-11(7-10)13(12)8-14/h10-16H,4-8H2,1-2H3;9-15,18H,3-7H2,1-2H3;10-15H,3-8H2,1-2H3;9-13,16H,3-7H2,1-2H3;10-13H,3-8H2,1-2H3. The monoisotopic (exact) mass is 1250 g/mol. The molecule has 0 radical (unpaired) electrons. The van der Waals surface area contributed by atoms with Crippen molar-refractivity contribution in [3.63, 3.8) is 0 Å². The number of carbonyl (C=O) groups excluding carboxylic acids is 5. The fourth-order valence-corrected chi connectivity index (χ4v) is 29.5. The minimum atomic E-state index is -0.248. The third-order valence-electron chi connectivity index (χ3n) is 31.5. The van der Waals surface area contributed by atoms with Crippen LogP contribution in [-0.4, -0.2) is 86.3 Å². The fourth-order valence-electron chi connectivity index (χ4n) is 29.5. The predicted molar refractivity (Wildman–Crippen MR) is 339 cm³/mol. The first-order chi connectivity index (χ1) is 42.8. The van der Waals surface area contributed by atoms with Gasteiger partial charge in [-0.1, -0.05) is 20.8 Å². The first-order valence-electron chi connectivity index (χ1n) is 37.6. The van der Waals surface area contributed by atoms with Gasteiger partial charge >= 0.3 is 29.8 Å². The van der Waals surface area contributed by atoms with Crippen LogP contribution in [0.3, 0.4) is 0 Å². The van der Waals surface area contributed by atoms with Crippen molar-refractivity contribution in [1.29, 1.82) is 0 Å². The zero-order valence-corrected chi connectivity index (χ0v) is 56.8. The Morgan fingerprint density at radius 2 is 0.744 bits per heavy atom. The molecule has 34 atom stereocenters. The Hall–Kier alpha value is -3.24. The van der Waals surface area contributed by atoms with Crippen LogP contribution >= 0.6 is 0 Å². The van der Waals surface area contributed by atoms with E-state index in [-0.39, 0.29) is 70.1 Å². The number of aliphatic hydroxyl groups excluding tert-OH is 2. The zero-order valence-electron chi connectivity index (χ0n) is 56.8. The van der Waals surface area contributed by atoms with Crippen molar-refractivity contribution in [3.8, 4) is 0 Å². The third kappa shape index (κ3) is 10.5. The fraction of sp³-hybridized carbons (Fsp3) is 0.922. The lowest BCUT2D eigenvalue weighted by molar-refractivity contribution is -0.171. The van der Waals surface area contributed by atoms with E-state index < -0.39 is 0 Å². The van der Waals surface area contributed by atoms with Crippen LogP contribution in [0, 0.1) is 160 Å². The van der Waals surface area contributed by atoms with Gasteiger partial charge in [0.15, 0.2) is 0 Å². The summed E-state index contributed by atoms with van der Waals surface area (Å²) in [6, 6.07) is 0.297. The van der Waals surface area contributed by atoms with Gasteiger partial charge in [-0.25, -0.2) is 6.57 Å². The predicted octanol–water partition coefficient (Wildman–Crippen LogP) is 14.3. The molecule has 0 aromatic rings. The second-order valence-corrected chi connectivity index (χ2v) is 35.3. The van der Waals surface area contributed by atoms with Crippen LogP contribution in [0.5, 0.6) is 0 Å². The molecule has 500 valence electrons. The second-order valence-electron chi connectivity index (χ2n) is 35.3. The molecular formula is C77H115NO12. The van der Waals surface area contributed by atoms with Gasteiger partial charge in [-0.3, -0.25) is 24.0 Å². The van der Waals surface area contributed by atoms with Crippen LogP contribution in [0.25, 0.3) is 4.85 Å². The maximum atomic E-state index is 11.5. The molecule has 0 aromatic heterocycles. The lowest BCUT2D eigenvalue weighted by Crippen LogP contribution is -2.48. The number of hydrogen-bond donors (Lipinski definition) is 2. The molecule has 0 aliphatic heterocycles. The van der Waals surface area contributed by atoms with Gasteiger partial charge < -0.3 is 38.7 Å². The lowest BCUT2D eigenvalue weighted by atomic mass is 9.64. The molecule has 18 rings (SSSR count). The molecule has 16 bridgehead atoms. The first kappa shape index (κ1) is 64.1. The lowest BCUT2D eigenvalue weighted by Gasteiger charge is -2.46. The van der Waals surface area contributed by atoms with E-state index in [4.69, 9.17) is 30.3 Å². The number of esters is 5. The Bertz CT molecular complexity index is 2820. The van der Waals surface area contributed by atoms with Gasteiger partial charge in [0.1, 0.15) is 28.0 Å². The highest BCUT2D eigenvalue weighted by molar-refractivity contribution is 5.68. The van der Waals surface area contributed by atoms with E-state index in [9.17, 15) is 34.2 Å². The van der Waals surface area contributed by atoms with Gasteiger partial charge in [-0.15, -0.1) is 0 Å².